The van der Waals surface area contributed by atoms with Gasteiger partial charge in [0.25, 0.3) is 0 Å². The van der Waals surface area contributed by atoms with Gasteiger partial charge in [0.2, 0.25) is 0 Å². The van der Waals surface area contributed by atoms with Gasteiger partial charge >= 0.3 is 0 Å². The molecule has 0 aromatic carbocycles. The van der Waals surface area contributed by atoms with E-state index in [4.69, 9.17) is 15.2 Å². The summed E-state index contributed by atoms with van der Waals surface area (Å²) in [5.41, 5.74) is 3.32. The molecule has 3 aromatic heterocycles. The fourth-order valence-corrected chi connectivity index (χ4v) is 3.89. The average Bonchev–Trinajstić information content (AvgIpc) is 3.24. The van der Waals surface area contributed by atoms with Crippen LogP contribution in [0.15, 0.2) is 35.2 Å². The lowest BCUT2D eigenvalue weighted by molar-refractivity contribution is 0.163. The highest BCUT2D eigenvalue weighted by molar-refractivity contribution is 7.08. The Kier molecular flexibility index (Phi) is 4.11. The Morgan fingerprint density at radius 2 is 2.04 bits per heavy atom. The smallest absolute Gasteiger partial charge is 0.155 e. The van der Waals surface area contributed by atoms with E-state index in [0.29, 0.717) is 5.92 Å². The van der Waals surface area contributed by atoms with Gasteiger partial charge in [-0.2, -0.15) is 16.4 Å². The Hall–Kier alpha value is -1.76. The molecule has 3 aromatic rings. The summed E-state index contributed by atoms with van der Waals surface area (Å²) >= 11 is 1.70. The quantitative estimate of drug-likeness (QED) is 0.800. The van der Waals surface area contributed by atoms with Crippen molar-refractivity contribution in [1.29, 1.82) is 0 Å². The van der Waals surface area contributed by atoms with E-state index in [-0.39, 0.29) is 6.61 Å². The van der Waals surface area contributed by atoms with Gasteiger partial charge in [0.15, 0.2) is 11.5 Å². The molecule has 0 amide bonds. The Labute approximate surface area is 139 Å². The van der Waals surface area contributed by atoms with Crippen LogP contribution in [0.3, 0.4) is 0 Å². The van der Waals surface area contributed by atoms with Gasteiger partial charge < -0.3 is 10.0 Å². The van der Waals surface area contributed by atoms with Crippen molar-refractivity contribution >= 4 is 17.0 Å². The number of hydrogen-bond donors (Lipinski definition) is 1. The number of rotatable bonds is 4. The first-order valence-corrected chi connectivity index (χ1v) is 9.00. The lowest BCUT2D eigenvalue weighted by Crippen LogP contribution is -2.35. The second kappa shape index (κ2) is 6.39. The van der Waals surface area contributed by atoms with Crippen LogP contribution in [0.25, 0.3) is 16.8 Å². The van der Waals surface area contributed by atoms with E-state index in [1.165, 1.54) is 11.1 Å². The lowest BCUT2D eigenvalue weighted by atomic mass is 9.96. The molecule has 1 saturated heterocycles. The van der Waals surface area contributed by atoms with Crippen LogP contribution in [-0.2, 0) is 0 Å². The molecule has 0 atom stereocenters. The van der Waals surface area contributed by atoms with Gasteiger partial charge in [-0.15, -0.1) is 0 Å². The number of pyridine rings is 1. The molecule has 0 saturated carbocycles. The maximum atomic E-state index is 9.03. The lowest BCUT2D eigenvalue weighted by Gasteiger charge is -2.29. The Balaban J connectivity index is 1.55. The number of nitrogens with zero attached hydrogens (tertiary/aromatic N) is 4. The highest BCUT2D eigenvalue weighted by atomic mass is 32.1. The molecule has 1 aliphatic rings. The number of hydrogen-bond acceptors (Lipinski definition) is 5. The molecule has 4 rings (SSSR count). The maximum absolute atomic E-state index is 9.03. The van der Waals surface area contributed by atoms with Crippen LogP contribution in [-0.4, -0.2) is 50.8 Å². The summed E-state index contributed by atoms with van der Waals surface area (Å²) in [5.74, 6) is 1.38. The van der Waals surface area contributed by atoms with Crippen molar-refractivity contribution < 1.29 is 5.11 Å². The zero-order valence-corrected chi connectivity index (χ0v) is 13.7. The second-order valence-electron chi connectivity index (χ2n) is 6.04. The Morgan fingerprint density at radius 3 is 2.78 bits per heavy atom. The van der Waals surface area contributed by atoms with Crippen molar-refractivity contribution in [2.75, 3.05) is 26.2 Å². The summed E-state index contributed by atoms with van der Waals surface area (Å²) in [6, 6.07) is 6.28. The second-order valence-corrected chi connectivity index (χ2v) is 6.82. The van der Waals surface area contributed by atoms with E-state index >= 15 is 0 Å². The minimum Gasteiger partial charge on any atom is -0.395 e. The van der Waals surface area contributed by atoms with Crippen LogP contribution in [0.2, 0.25) is 0 Å². The molecule has 0 unspecified atom stereocenters. The summed E-state index contributed by atoms with van der Waals surface area (Å²) in [7, 11) is 0. The number of piperidine rings is 1. The van der Waals surface area contributed by atoms with Crippen molar-refractivity contribution in [3.05, 3.63) is 41.0 Å². The molecule has 1 fully saturated rings. The SMILES string of the molecule is OCCN1CCC(c2nc3ccc(-c4ccsc4)cn3n2)CC1. The molecular weight excluding hydrogens is 308 g/mol. The Bertz CT molecular complexity index is 775. The first-order chi connectivity index (χ1) is 11.3. The predicted octanol–water partition coefficient (Wildman–Crippen LogP) is 2.63. The maximum Gasteiger partial charge on any atom is 0.155 e. The summed E-state index contributed by atoms with van der Waals surface area (Å²) in [6.07, 6.45) is 4.19. The minimum atomic E-state index is 0.239. The third-order valence-electron chi connectivity index (χ3n) is 4.57. The first kappa shape index (κ1) is 14.8. The fourth-order valence-electron chi connectivity index (χ4n) is 3.23. The van der Waals surface area contributed by atoms with Gasteiger partial charge in [-0.1, -0.05) is 0 Å². The van der Waals surface area contributed by atoms with Crippen LogP contribution >= 0.6 is 11.3 Å². The van der Waals surface area contributed by atoms with E-state index in [9.17, 15) is 0 Å². The highest BCUT2D eigenvalue weighted by Crippen LogP contribution is 2.27. The number of thiophene rings is 1. The molecule has 0 spiro atoms. The van der Waals surface area contributed by atoms with E-state index in [2.05, 4.69) is 34.0 Å². The summed E-state index contributed by atoms with van der Waals surface area (Å²) in [6.45, 7) is 3.04. The van der Waals surface area contributed by atoms with Crippen molar-refractivity contribution in [3.63, 3.8) is 0 Å². The van der Waals surface area contributed by atoms with Gasteiger partial charge in [0, 0.05) is 24.2 Å². The van der Waals surface area contributed by atoms with Crippen molar-refractivity contribution in [2.45, 2.75) is 18.8 Å². The molecule has 1 aliphatic heterocycles. The molecule has 120 valence electrons. The minimum absolute atomic E-state index is 0.239. The van der Waals surface area contributed by atoms with Gasteiger partial charge in [-0.05, 0) is 60.5 Å². The number of aliphatic hydroxyl groups is 1. The summed E-state index contributed by atoms with van der Waals surface area (Å²) in [4.78, 5) is 7.02. The number of fused-ring (bicyclic) bond motifs is 1. The number of aromatic nitrogens is 3. The van der Waals surface area contributed by atoms with E-state index in [1.54, 1.807) is 11.3 Å². The molecule has 23 heavy (non-hydrogen) atoms. The number of likely N-dealkylation sites (tertiary alicyclic amines) is 1. The molecular formula is C17H20N4OS. The van der Waals surface area contributed by atoms with Gasteiger partial charge in [0.05, 0.1) is 6.61 Å². The van der Waals surface area contributed by atoms with Crippen LogP contribution in [0.5, 0.6) is 0 Å². The van der Waals surface area contributed by atoms with Crippen molar-refractivity contribution in [1.82, 2.24) is 19.5 Å². The van der Waals surface area contributed by atoms with Crippen LogP contribution in [0.4, 0.5) is 0 Å². The number of β-amino-alcohol motifs (C(OH)–C–C–N with tert-alkyl or cyclic N) is 1. The van der Waals surface area contributed by atoms with E-state index in [0.717, 1.165) is 43.9 Å². The average molecular weight is 328 g/mol. The van der Waals surface area contributed by atoms with Crippen LogP contribution in [0.1, 0.15) is 24.6 Å². The van der Waals surface area contributed by atoms with E-state index < -0.39 is 0 Å². The zero-order valence-electron chi connectivity index (χ0n) is 12.9. The van der Waals surface area contributed by atoms with Gasteiger partial charge in [-0.25, -0.2) is 9.50 Å². The normalized spacial score (nSPS) is 17.1. The van der Waals surface area contributed by atoms with Gasteiger partial charge in [0.1, 0.15) is 0 Å². The molecule has 6 heteroatoms. The van der Waals surface area contributed by atoms with Crippen molar-refractivity contribution in [2.24, 2.45) is 0 Å². The first-order valence-electron chi connectivity index (χ1n) is 8.05. The zero-order chi connectivity index (χ0) is 15.6. The number of aliphatic hydroxyl groups excluding tert-OH is 1. The predicted molar refractivity (Wildman–Crippen MR) is 91.8 cm³/mol. The van der Waals surface area contributed by atoms with Crippen LogP contribution in [0, 0.1) is 0 Å². The summed E-state index contributed by atoms with van der Waals surface area (Å²) in [5, 5.41) is 18.0. The standard InChI is InChI=1S/C17H20N4OS/c22-9-8-20-6-3-13(4-7-20)17-18-16-2-1-14(11-21(16)19-17)15-5-10-23-12-15/h1-2,5,10-13,22H,3-4,6-9H2. The highest BCUT2D eigenvalue weighted by Gasteiger charge is 2.23. The third-order valence-corrected chi connectivity index (χ3v) is 5.25. The molecule has 0 bridgehead atoms. The summed E-state index contributed by atoms with van der Waals surface area (Å²) < 4.78 is 1.91. The molecule has 4 heterocycles. The van der Waals surface area contributed by atoms with Crippen LogP contribution < -0.4 is 0 Å². The monoisotopic (exact) mass is 328 g/mol. The van der Waals surface area contributed by atoms with Crippen molar-refractivity contribution in [3.8, 4) is 11.1 Å². The van der Waals surface area contributed by atoms with E-state index in [1.807, 2.05) is 10.6 Å². The largest absolute Gasteiger partial charge is 0.395 e. The fraction of sp³-hybridized carbons (Fsp3) is 0.412. The molecule has 5 nitrogen and oxygen atoms in total. The topological polar surface area (TPSA) is 53.7 Å². The Morgan fingerprint density at radius 1 is 1.17 bits per heavy atom. The van der Waals surface area contributed by atoms with Gasteiger partial charge in [-0.3, -0.25) is 0 Å². The third kappa shape index (κ3) is 3.02. The molecule has 0 aliphatic carbocycles. The molecule has 1 N–H and O–H groups in total. The molecule has 0 radical (unpaired) electrons.